The monoisotopic (exact) mass is 392 g/mol. The van der Waals surface area contributed by atoms with E-state index < -0.39 is 0 Å². The molecule has 2 amide bonds. The molecule has 1 N–H and O–H groups in total. The molecule has 0 aliphatic carbocycles. The van der Waals surface area contributed by atoms with Gasteiger partial charge in [-0.2, -0.15) is 0 Å². The van der Waals surface area contributed by atoms with E-state index in [2.05, 4.69) is 15.3 Å². The molecule has 0 saturated heterocycles. The molecule has 2 aromatic carbocycles. The zero-order valence-corrected chi connectivity index (χ0v) is 16.0. The zero-order valence-electron chi connectivity index (χ0n) is 16.0. The Balaban J connectivity index is 1.53. The van der Waals surface area contributed by atoms with Gasteiger partial charge in [0.25, 0.3) is 11.8 Å². The molecular formula is C21H20N4O4. The van der Waals surface area contributed by atoms with Gasteiger partial charge in [0.2, 0.25) is 5.88 Å². The number of nitrogens with zero attached hydrogens (tertiary/aromatic N) is 3. The third-order valence-electron chi connectivity index (χ3n) is 3.77. The maximum atomic E-state index is 12.1. The molecule has 0 aliphatic rings. The van der Waals surface area contributed by atoms with Gasteiger partial charge in [0.1, 0.15) is 17.8 Å². The quantitative estimate of drug-likeness (QED) is 0.664. The molecule has 29 heavy (non-hydrogen) atoms. The minimum absolute atomic E-state index is 0.102. The Morgan fingerprint density at radius 1 is 1.03 bits per heavy atom. The van der Waals surface area contributed by atoms with Gasteiger partial charge in [-0.25, -0.2) is 9.97 Å². The second-order valence-electron chi connectivity index (χ2n) is 6.24. The molecule has 0 saturated carbocycles. The van der Waals surface area contributed by atoms with E-state index in [0.29, 0.717) is 28.6 Å². The molecule has 0 atom stereocenters. The van der Waals surface area contributed by atoms with Crippen LogP contribution >= 0.6 is 0 Å². The van der Waals surface area contributed by atoms with Crippen LogP contribution in [0.1, 0.15) is 10.4 Å². The average molecular weight is 392 g/mol. The topological polar surface area (TPSA) is 93.7 Å². The largest absolute Gasteiger partial charge is 0.484 e. The van der Waals surface area contributed by atoms with Gasteiger partial charge in [-0.3, -0.25) is 9.59 Å². The summed E-state index contributed by atoms with van der Waals surface area (Å²) in [6.07, 6.45) is 2.97. The second kappa shape index (κ2) is 9.32. The maximum absolute atomic E-state index is 12.1. The van der Waals surface area contributed by atoms with Crippen LogP contribution in [-0.4, -0.2) is 47.4 Å². The molecule has 0 fully saturated rings. The van der Waals surface area contributed by atoms with Crippen LogP contribution in [0, 0.1) is 0 Å². The van der Waals surface area contributed by atoms with E-state index in [-0.39, 0.29) is 18.4 Å². The lowest BCUT2D eigenvalue weighted by molar-refractivity contribution is -0.118. The van der Waals surface area contributed by atoms with Crippen molar-refractivity contribution >= 4 is 17.5 Å². The first-order valence-corrected chi connectivity index (χ1v) is 8.79. The van der Waals surface area contributed by atoms with Crippen LogP contribution in [0.15, 0.2) is 67.1 Å². The number of rotatable bonds is 7. The van der Waals surface area contributed by atoms with Crippen LogP contribution < -0.4 is 14.8 Å². The van der Waals surface area contributed by atoms with E-state index >= 15 is 0 Å². The summed E-state index contributed by atoms with van der Waals surface area (Å²) in [4.78, 5) is 33.3. The number of benzene rings is 2. The number of amides is 2. The number of nitrogens with one attached hydrogen (secondary N) is 1. The van der Waals surface area contributed by atoms with E-state index in [1.54, 1.807) is 74.9 Å². The van der Waals surface area contributed by atoms with Crippen molar-refractivity contribution in [2.45, 2.75) is 0 Å². The van der Waals surface area contributed by atoms with Crippen molar-refractivity contribution in [2.24, 2.45) is 0 Å². The van der Waals surface area contributed by atoms with Crippen molar-refractivity contribution in [3.8, 4) is 17.4 Å². The van der Waals surface area contributed by atoms with E-state index in [9.17, 15) is 9.59 Å². The van der Waals surface area contributed by atoms with Gasteiger partial charge in [-0.1, -0.05) is 6.07 Å². The van der Waals surface area contributed by atoms with Gasteiger partial charge < -0.3 is 19.7 Å². The highest BCUT2D eigenvalue weighted by atomic mass is 16.5. The molecule has 8 nitrogen and oxygen atoms in total. The summed E-state index contributed by atoms with van der Waals surface area (Å²) in [6.45, 7) is -0.171. The molecule has 1 heterocycles. The Kier molecular flexibility index (Phi) is 6.36. The Hall–Kier alpha value is -3.94. The molecule has 0 bridgehead atoms. The molecule has 148 valence electrons. The predicted molar refractivity (Wildman–Crippen MR) is 107 cm³/mol. The minimum Gasteiger partial charge on any atom is -0.484 e. The van der Waals surface area contributed by atoms with Gasteiger partial charge in [-0.15, -0.1) is 0 Å². The fraction of sp³-hybridized carbons (Fsp3) is 0.143. The number of carbonyl (C=O) groups is 2. The van der Waals surface area contributed by atoms with Crippen molar-refractivity contribution < 1.29 is 19.1 Å². The molecule has 0 radical (unpaired) electrons. The first kappa shape index (κ1) is 19.8. The Morgan fingerprint density at radius 2 is 1.79 bits per heavy atom. The molecule has 0 spiro atoms. The predicted octanol–water partition coefficient (Wildman–Crippen LogP) is 2.99. The molecular weight excluding hydrogens is 372 g/mol. The first-order valence-electron chi connectivity index (χ1n) is 8.79. The van der Waals surface area contributed by atoms with Crippen LogP contribution in [0.5, 0.6) is 17.4 Å². The molecule has 8 heteroatoms. The van der Waals surface area contributed by atoms with Crippen LogP contribution in [0.25, 0.3) is 0 Å². The fourth-order valence-corrected chi connectivity index (χ4v) is 2.39. The zero-order chi connectivity index (χ0) is 20.6. The average Bonchev–Trinajstić information content (AvgIpc) is 2.73. The molecule has 1 aromatic heterocycles. The normalized spacial score (nSPS) is 10.1. The lowest BCUT2D eigenvalue weighted by Gasteiger charge is -2.11. The minimum atomic E-state index is -0.321. The highest BCUT2D eigenvalue weighted by Crippen LogP contribution is 2.23. The van der Waals surface area contributed by atoms with Crippen LogP contribution in [0.2, 0.25) is 0 Å². The molecule has 3 rings (SSSR count). The van der Waals surface area contributed by atoms with Crippen LogP contribution in [-0.2, 0) is 4.79 Å². The number of hydrogen-bond donors (Lipinski definition) is 1. The summed E-state index contributed by atoms with van der Waals surface area (Å²) in [5.74, 6) is 1.00. The van der Waals surface area contributed by atoms with E-state index in [0.717, 1.165) is 0 Å². The third kappa shape index (κ3) is 5.77. The van der Waals surface area contributed by atoms with E-state index in [1.807, 2.05) is 0 Å². The van der Waals surface area contributed by atoms with Crippen molar-refractivity contribution in [3.05, 3.63) is 72.7 Å². The number of carbonyl (C=O) groups excluding carboxylic acids is 2. The van der Waals surface area contributed by atoms with Crippen LogP contribution in [0.3, 0.4) is 0 Å². The standard InChI is InChI=1S/C21H20N4O4/c1-25(2)21(27)15-6-8-16(9-7-15)24-19(26)13-28-17-4-3-5-18(12-17)29-20-10-11-22-14-23-20/h3-12,14H,13H2,1-2H3,(H,24,26). The SMILES string of the molecule is CN(C)C(=O)c1ccc(NC(=O)COc2cccc(Oc3ccncn3)c2)cc1. The second-order valence-corrected chi connectivity index (χ2v) is 6.24. The van der Waals surface area contributed by atoms with Crippen LogP contribution in [0.4, 0.5) is 5.69 Å². The Morgan fingerprint density at radius 3 is 2.48 bits per heavy atom. The van der Waals surface area contributed by atoms with Gasteiger partial charge in [0.15, 0.2) is 6.61 Å². The molecule has 0 aliphatic heterocycles. The summed E-state index contributed by atoms with van der Waals surface area (Å²) >= 11 is 0. The van der Waals surface area contributed by atoms with Crippen molar-refractivity contribution in [3.63, 3.8) is 0 Å². The summed E-state index contributed by atoms with van der Waals surface area (Å²) < 4.78 is 11.1. The van der Waals surface area contributed by atoms with E-state index in [4.69, 9.17) is 9.47 Å². The lowest BCUT2D eigenvalue weighted by atomic mass is 10.2. The number of anilines is 1. The number of ether oxygens (including phenoxy) is 2. The maximum Gasteiger partial charge on any atom is 0.262 e. The Bertz CT molecular complexity index is 975. The Labute approximate surface area is 168 Å². The van der Waals surface area contributed by atoms with Crippen molar-refractivity contribution in [1.29, 1.82) is 0 Å². The number of aromatic nitrogens is 2. The fourth-order valence-electron chi connectivity index (χ4n) is 2.39. The smallest absolute Gasteiger partial charge is 0.262 e. The van der Waals surface area contributed by atoms with Crippen molar-refractivity contribution in [2.75, 3.05) is 26.0 Å². The summed E-state index contributed by atoms with van der Waals surface area (Å²) in [5.41, 5.74) is 1.12. The van der Waals surface area contributed by atoms with Gasteiger partial charge in [-0.05, 0) is 36.4 Å². The lowest BCUT2D eigenvalue weighted by Crippen LogP contribution is -2.22. The van der Waals surface area contributed by atoms with Gasteiger partial charge >= 0.3 is 0 Å². The van der Waals surface area contributed by atoms with E-state index in [1.165, 1.54) is 11.2 Å². The van der Waals surface area contributed by atoms with Crippen molar-refractivity contribution in [1.82, 2.24) is 14.9 Å². The molecule has 3 aromatic rings. The third-order valence-corrected chi connectivity index (χ3v) is 3.77. The first-order chi connectivity index (χ1) is 14.0. The summed E-state index contributed by atoms with van der Waals surface area (Å²) in [5, 5.41) is 2.72. The number of hydrogen-bond acceptors (Lipinski definition) is 6. The van der Waals surface area contributed by atoms with Gasteiger partial charge in [0, 0.05) is 43.7 Å². The highest BCUT2D eigenvalue weighted by molar-refractivity contribution is 5.95. The molecule has 0 unspecified atom stereocenters. The summed E-state index contributed by atoms with van der Waals surface area (Å²) in [6, 6.07) is 15.2. The highest BCUT2D eigenvalue weighted by Gasteiger charge is 2.09. The van der Waals surface area contributed by atoms with Gasteiger partial charge in [0.05, 0.1) is 0 Å². The summed E-state index contributed by atoms with van der Waals surface area (Å²) in [7, 11) is 3.37.